The van der Waals surface area contributed by atoms with Crippen molar-refractivity contribution in [2.24, 2.45) is 0 Å². The molecule has 6 heteroatoms. The molecule has 0 bridgehead atoms. The van der Waals surface area contributed by atoms with E-state index in [1.807, 2.05) is 23.0 Å². The van der Waals surface area contributed by atoms with Gasteiger partial charge >= 0.3 is 0 Å². The lowest BCUT2D eigenvalue weighted by molar-refractivity contribution is 0.278. The Balaban J connectivity index is 1.65. The number of hydrogen-bond donors (Lipinski definition) is 1. The van der Waals surface area contributed by atoms with Gasteiger partial charge in [-0.05, 0) is 38.1 Å². The topological polar surface area (TPSA) is 62.9 Å². The summed E-state index contributed by atoms with van der Waals surface area (Å²) in [6.45, 7) is 2.36. The molecule has 0 aliphatic carbocycles. The van der Waals surface area contributed by atoms with E-state index in [0.29, 0.717) is 29.1 Å². The Labute approximate surface area is 134 Å². The van der Waals surface area contributed by atoms with Gasteiger partial charge in [0, 0.05) is 22.8 Å². The number of rotatable bonds is 4. The Morgan fingerprint density at radius 2 is 2.18 bits per heavy atom. The lowest BCUT2D eigenvalue weighted by Crippen LogP contribution is -2.29. The lowest BCUT2D eigenvalue weighted by atomic mass is 10.1. The van der Waals surface area contributed by atoms with Gasteiger partial charge in [0.25, 0.3) is 0 Å². The number of nitrogens with one attached hydrogen (secondary N) is 1. The first kappa shape index (κ1) is 14.9. The molecule has 0 spiro atoms. The SMILES string of the molecule is N#Cc1cc(Cl)ccc1COc1ccn(C2CCNCC2)n1. The van der Waals surface area contributed by atoms with Crippen molar-refractivity contribution < 1.29 is 4.74 Å². The molecule has 0 atom stereocenters. The summed E-state index contributed by atoms with van der Waals surface area (Å²) in [5.74, 6) is 0.581. The smallest absolute Gasteiger partial charge is 0.233 e. The van der Waals surface area contributed by atoms with Crippen LogP contribution in [0.2, 0.25) is 5.02 Å². The van der Waals surface area contributed by atoms with E-state index < -0.39 is 0 Å². The van der Waals surface area contributed by atoms with Gasteiger partial charge in [0.05, 0.1) is 17.7 Å². The minimum Gasteiger partial charge on any atom is -0.472 e. The van der Waals surface area contributed by atoms with Gasteiger partial charge in [-0.25, -0.2) is 0 Å². The molecule has 114 valence electrons. The number of hydrogen-bond acceptors (Lipinski definition) is 4. The molecule has 1 aliphatic heterocycles. The van der Waals surface area contributed by atoms with E-state index in [1.165, 1.54) is 0 Å². The van der Waals surface area contributed by atoms with Gasteiger partial charge in [0.1, 0.15) is 6.61 Å². The Morgan fingerprint density at radius 3 is 2.95 bits per heavy atom. The van der Waals surface area contributed by atoms with Crippen LogP contribution in [0.4, 0.5) is 0 Å². The van der Waals surface area contributed by atoms with E-state index in [0.717, 1.165) is 31.5 Å². The molecule has 1 aliphatic rings. The molecule has 2 aromatic rings. The minimum absolute atomic E-state index is 0.309. The van der Waals surface area contributed by atoms with E-state index >= 15 is 0 Å². The zero-order valence-corrected chi connectivity index (χ0v) is 12.9. The van der Waals surface area contributed by atoms with Crippen LogP contribution < -0.4 is 10.1 Å². The standard InChI is InChI=1S/C16H17ClN4O/c17-14-2-1-12(13(9-14)10-18)11-22-16-5-8-21(20-16)15-3-6-19-7-4-15/h1-2,5,8-9,15,19H,3-4,6-7,11H2. The van der Waals surface area contributed by atoms with Crippen LogP contribution in [0.1, 0.15) is 30.0 Å². The number of piperidine rings is 1. The van der Waals surface area contributed by atoms with Crippen LogP contribution in [0, 0.1) is 11.3 Å². The molecule has 0 amide bonds. The Hall–Kier alpha value is -2.03. The molecule has 2 heterocycles. The first-order valence-electron chi connectivity index (χ1n) is 7.33. The third-order valence-electron chi connectivity index (χ3n) is 3.83. The molecule has 0 radical (unpaired) electrons. The largest absolute Gasteiger partial charge is 0.472 e. The molecule has 0 unspecified atom stereocenters. The van der Waals surface area contributed by atoms with Crippen molar-refractivity contribution in [2.75, 3.05) is 13.1 Å². The molecule has 3 rings (SSSR count). The van der Waals surface area contributed by atoms with E-state index in [2.05, 4.69) is 16.5 Å². The van der Waals surface area contributed by atoms with Crippen molar-refractivity contribution in [3.05, 3.63) is 46.6 Å². The molecule has 1 aromatic carbocycles. The van der Waals surface area contributed by atoms with Gasteiger partial charge in [0.2, 0.25) is 5.88 Å². The summed E-state index contributed by atoms with van der Waals surface area (Å²) >= 11 is 5.89. The molecular weight excluding hydrogens is 300 g/mol. The van der Waals surface area contributed by atoms with Crippen LogP contribution in [0.25, 0.3) is 0 Å². The monoisotopic (exact) mass is 316 g/mol. The maximum atomic E-state index is 9.12. The Bertz CT molecular complexity index is 686. The summed E-state index contributed by atoms with van der Waals surface area (Å²) in [6, 6.07) is 9.65. The van der Waals surface area contributed by atoms with Gasteiger partial charge in [-0.3, -0.25) is 4.68 Å². The van der Waals surface area contributed by atoms with Gasteiger partial charge in [-0.1, -0.05) is 17.7 Å². The quantitative estimate of drug-likeness (QED) is 0.942. The van der Waals surface area contributed by atoms with Crippen LogP contribution in [0.3, 0.4) is 0 Å². The highest BCUT2D eigenvalue weighted by molar-refractivity contribution is 6.30. The molecule has 1 N–H and O–H groups in total. The predicted octanol–water partition coefficient (Wildman–Crippen LogP) is 2.91. The van der Waals surface area contributed by atoms with Crippen LogP contribution in [0.5, 0.6) is 5.88 Å². The third-order valence-corrected chi connectivity index (χ3v) is 4.07. The highest BCUT2D eigenvalue weighted by Crippen LogP contribution is 2.21. The minimum atomic E-state index is 0.309. The molecule has 1 aromatic heterocycles. The summed E-state index contributed by atoms with van der Waals surface area (Å²) in [5, 5.41) is 17.5. The predicted molar refractivity (Wildman–Crippen MR) is 83.9 cm³/mol. The van der Waals surface area contributed by atoms with Gasteiger partial charge < -0.3 is 10.1 Å². The average molecular weight is 317 g/mol. The Morgan fingerprint density at radius 1 is 1.36 bits per heavy atom. The lowest BCUT2D eigenvalue weighted by Gasteiger charge is -2.22. The molecular formula is C16H17ClN4O. The summed E-state index contributed by atoms with van der Waals surface area (Å²) in [7, 11) is 0. The van der Waals surface area contributed by atoms with Gasteiger partial charge in [0.15, 0.2) is 0 Å². The van der Waals surface area contributed by atoms with Crippen molar-refractivity contribution in [1.82, 2.24) is 15.1 Å². The van der Waals surface area contributed by atoms with Crippen molar-refractivity contribution >= 4 is 11.6 Å². The average Bonchev–Trinajstić information content (AvgIpc) is 3.03. The highest BCUT2D eigenvalue weighted by Gasteiger charge is 2.16. The van der Waals surface area contributed by atoms with Crippen LogP contribution in [0.15, 0.2) is 30.5 Å². The molecule has 0 saturated carbocycles. The second kappa shape index (κ2) is 6.82. The number of nitriles is 1. The van der Waals surface area contributed by atoms with E-state index in [-0.39, 0.29) is 0 Å². The first-order valence-corrected chi connectivity index (χ1v) is 7.71. The second-order valence-electron chi connectivity index (χ2n) is 5.32. The summed E-state index contributed by atoms with van der Waals surface area (Å²) in [4.78, 5) is 0. The second-order valence-corrected chi connectivity index (χ2v) is 5.75. The van der Waals surface area contributed by atoms with Crippen LogP contribution >= 0.6 is 11.6 Å². The number of nitrogens with zero attached hydrogens (tertiary/aromatic N) is 3. The zero-order valence-electron chi connectivity index (χ0n) is 12.1. The van der Waals surface area contributed by atoms with E-state index in [1.54, 1.807) is 12.1 Å². The molecule has 1 fully saturated rings. The van der Waals surface area contributed by atoms with E-state index in [9.17, 15) is 0 Å². The number of ether oxygens (including phenoxy) is 1. The van der Waals surface area contributed by atoms with Crippen molar-refractivity contribution in [2.45, 2.75) is 25.5 Å². The fourth-order valence-electron chi connectivity index (χ4n) is 2.60. The van der Waals surface area contributed by atoms with Crippen molar-refractivity contribution in [3.8, 4) is 11.9 Å². The molecule has 22 heavy (non-hydrogen) atoms. The fourth-order valence-corrected chi connectivity index (χ4v) is 2.77. The summed E-state index contributed by atoms with van der Waals surface area (Å²) in [6.07, 6.45) is 4.12. The highest BCUT2D eigenvalue weighted by atomic mass is 35.5. The molecule has 5 nitrogen and oxygen atoms in total. The van der Waals surface area contributed by atoms with Crippen molar-refractivity contribution in [3.63, 3.8) is 0 Å². The maximum absolute atomic E-state index is 9.12. The molecule has 1 saturated heterocycles. The van der Waals surface area contributed by atoms with Crippen molar-refractivity contribution in [1.29, 1.82) is 5.26 Å². The zero-order chi connectivity index (χ0) is 15.4. The number of aromatic nitrogens is 2. The fraction of sp³-hybridized carbons (Fsp3) is 0.375. The third kappa shape index (κ3) is 3.41. The van der Waals surface area contributed by atoms with Gasteiger partial charge in [-0.15, -0.1) is 5.10 Å². The Kier molecular flexibility index (Phi) is 4.62. The number of halogens is 1. The number of benzene rings is 1. The summed E-state index contributed by atoms with van der Waals surface area (Å²) < 4.78 is 7.68. The van der Waals surface area contributed by atoms with Gasteiger partial charge in [-0.2, -0.15) is 5.26 Å². The first-order chi connectivity index (χ1) is 10.8. The maximum Gasteiger partial charge on any atom is 0.233 e. The summed E-state index contributed by atoms with van der Waals surface area (Å²) in [5.41, 5.74) is 1.34. The van der Waals surface area contributed by atoms with Crippen LogP contribution in [-0.4, -0.2) is 22.9 Å². The van der Waals surface area contributed by atoms with E-state index in [4.69, 9.17) is 21.6 Å². The van der Waals surface area contributed by atoms with Crippen LogP contribution in [-0.2, 0) is 6.61 Å². The normalized spacial score (nSPS) is 15.5.